The van der Waals surface area contributed by atoms with E-state index in [2.05, 4.69) is 5.32 Å². The zero-order chi connectivity index (χ0) is 6.57. The lowest BCUT2D eigenvalue weighted by molar-refractivity contribution is 0.0693. The Balaban J connectivity index is 3.35. The molecular weight excluding hydrogens is 116 g/mol. The molecule has 2 N–H and O–H groups in total. The molecule has 1 atom stereocenters. The predicted molar refractivity (Wildman–Crippen MR) is 25.9 cm³/mol. The summed E-state index contributed by atoms with van der Waals surface area (Å²) in [5.74, 6) is 0. The Morgan fingerprint density at radius 1 is 1.62 bits per heavy atom. The van der Waals surface area contributed by atoms with E-state index in [4.69, 9.17) is 5.11 Å². The highest BCUT2D eigenvalue weighted by Gasteiger charge is 2.15. The van der Waals surface area contributed by atoms with E-state index in [-0.39, 0.29) is 0 Å². The highest BCUT2D eigenvalue weighted by atomic mass is 19.3. The molecule has 0 aliphatic rings. The molecule has 4 heteroatoms. The standard InChI is InChI=1S/C4H9F2NO/c1-7-3(2-8)4(5)6/h3-4,7-8H,2H2,1H3/t3-/m1/s1. The Bertz CT molecular complexity index is 56.0. The zero-order valence-electron chi connectivity index (χ0n) is 4.56. The van der Waals surface area contributed by atoms with Gasteiger partial charge in [-0.25, -0.2) is 8.78 Å². The Hall–Kier alpha value is -0.220. The van der Waals surface area contributed by atoms with Gasteiger partial charge in [0.15, 0.2) is 0 Å². The van der Waals surface area contributed by atoms with Crippen molar-refractivity contribution in [1.29, 1.82) is 0 Å². The Morgan fingerprint density at radius 3 is 2.12 bits per heavy atom. The maximum atomic E-state index is 11.5. The molecule has 0 saturated heterocycles. The molecule has 0 aromatic carbocycles. The third-order valence-corrected chi connectivity index (χ3v) is 0.872. The van der Waals surface area contributed by atoms with Crippen LogP contribution in [0.1, 0.15) is 0 Å². The maximum absolute atomic E-state index is 11.5. The minimum Gasteiger partial charge on any atom is -0.395 e. The molecule has 0 amide bonds. The van der Waals surface area contributed by atoms with E-state index in [1.807, 2.05) is 0 Å². The maximum Gasteiger partial charge on any atom is 0.255 e. The summed E-state index contributed by atoms with van der Waals surface area (Å²) in [4.78, 5) is 0. The second-order valence-corrected chi connectivity index (χ2v) is 1.41. The van der Waals surface area contributed by atoms with Gasteiger partial charge < -0.3 is 10.4 Å². The third kappa shape index (κ3) is 2.18. The lowest BCUT2D eigenvalue weighted by Crippen LogP contribution is -2.35. The van der Waals surface area contributed by atoms with Crippen molar-refractivity contribution in [1.82, 2.24) is 5.32 Å². The second-order valence-electron chi connectivity index (χ2n) is 1.41. The lowest BCUT2D eigenvalue weighted by Gasteiger charge is -2.09. The summed E-state index contributed by atoms with van der Waals surface area (Å²) in [6.45, 7) is -0.520. The number of aliphatic hydroxyl groups excluding tert-OH is 1. The third-order valence-electron chi connectivity index (χ3n) is 0.872. The normalized spacial score (nSPS) is 14.6. The van der Waals surface area contributed by atoms with Crippen LogP contribution in [0.5, 0.6) is 0 Å². The zero-order valence-corrected chi connectivity index (χ0v) is 4.56. The van der Waals surface area contributed by atoms with Crippen molar-refractivity contribution in [3.63, 3.8) is 0 Å². The molecule has 0 aromatic rings. The van der Waals surface area contributed by atoms with Crippen LogP contribution in [-0.2, 0) is 0 Å². The van der Waals surface area contributed by atoms with E-state index in [1.165, 1.54) is 7.05 Å². The molecule has 50 valence electrons. The van der Waals surface area contributed by atoms with Gasteiger partial charge in [0.05, 0.1) is 12.6 Å². The van der Waals surface area contributed by atoms with Crippen LogP contribution in [0.2, 0.25) is 0 Å². The van der Waals surface area contributed by atoms with Crippen LogP contribution in [0, 0.1) is 0 Å². The first-order valence-corrected chi connectivity index (χ1v) is 2.28. The minimum atomic E-state index is -2.48. The van der Waals surface area contributed by atoms with Gasteiger partial charge in [-0.3, -0.25) is 0 Å². The minimum absolute atomic E-state index is 0.520. The molecule has 0 spiro atoms. The predicted octanol–water partition coefficient (Wildman–Crippen LogP) is -0.168. The molecular formula is C4H9F2NO. The SMILES string of the molecule is CN[C@H](CO)C(F)F. The van der Waals surface area contributed by atoms with Crippen molar-refractivity contribution in [3.8, 4) is 0 Å². The van der Waals surface area contributed by atoms with Crippen molar-refractivity contribution in [3.05, 3.63) is 0 Å². The van der Waals surface area contributed by atoms with Crippen LogP contribution < -0.4 is 5.32 Å². The summed E-state index contributed by atoms with van der Waals surface area (Å²) in [5.41, 5.74) is 0. The van der Waals surface area contributed by atoms with Crippen LogP contribution in [0.15, 0.2) is 0 Å². The average molecular weight is 125 g/mol. The summed E-state index contributed by atoms with van der Waals surface area (Å²) >= 11 is 0. The summed E-state index contributed by atoms with van der Waals surface area (Å²) in [6, 6.07) is -1.07. The number of alkyl halides is 2. The van der Waals surface area contributed by atoms with Crippen LogP contribution in [0.25, 0.3) is 0 Å². The molecule has 0 fully saturated rings. The molecule has 0 aromatic heterocycles. The van der Waals surface area contributed by atoms with E-state index >= 15 is 0 Å². The Kier molecular flexibility index (Phi) is 3.64. The van der Waals surface area contributed by atoms with Crippen molar-refractivity contribution >= 4 is 0 Å². The van der Waals surface area contributed by atoms with E-state index in [9.17, 15) is 8.78 Å². The number of hydrogen-bond acceptors (Lipinski definition) is 2. The molecule has 0 rings (SSSR count). The molecule has 8 heavy (non-hydrogen) atoms. The molecule has 2 nitrogen and oxygen atoms in total. The van der Waals surface area contributed by atoms with Gasteiger partial charge in [0.1, 0.15) is 0 Å². The van der Waals surface area contributed by atoms with Crippen molar-refractivity contribution in [2.45, 2.75) is 12.5 Å². The Labute approximate surface area is 46.5 Å². The molecule has 0 aliphatic carbocycles. The summed E-state index contributed by atoms with van der Waals surface area (Å²) < 4.78 is 23.0. The largest absolute Gasteiger partial charge is 0.395 e. The van der Waals surface area contributed by atoms with Gasteiger partial charge in [0, 0.05) is 0 Å². The van der Waals surface area contributed by atoms with Gasteiger partial charge in [-0.1, -0.05) is 0 Å². The summed E-state index contributed by atoms with van der Waals surface area (Å²) in [6.07, 6.45) is -2.48. The quantitative estimate of drug-likeness (QED) is 0.549. The van der Waals surface area contributed by atoms with Gasteiger partial charge >= 0.3 is 0 Å². The molecule has 0 saturated carbocycles. The van der Waals surface area contributed by atoms with Crippen molar-refractivity contribution in [2.24, 2.45) is 0 Å². The topological polar surface area (TPSA) is 32.3 Å². The van der Waals surface area contributed by atoms with E-state index < -0.39 is 19.1 Å². The first-order valence-electron chi connectivity index (χ1n) is 2.28. The number of aliphatic hydroxyl groups is 1. The highest BCUT2D eigenvalue weighted by molar-refractivity contribution is 4.63. The van der Waals surface area contributed by atoms with E-state index in [1.54, 1.807) is 0 Å². The van der Waals surface area contributed by atoms with Gasteiger partial charge in [0.25, 0.3) is 6.43 Å². The van der Waals surface area contributed by atoms with E-state index in [0.29, 0.717) is 0 Å². The smallest absolute Gasteiger partial charge is 0.255 e. The van der Waals surface area contributed by atoms with Crippen LogP contribution in [-0.4, -0.2) is 31.2 Å². The molecule has 0 aliphatic heterocycles. The second kappa shape index (κ2) is 3.74. The average Bonchev–Trinajstić information content (AvgIpc) is 1.69. The Morgan fingerprint density at radius 2 is 2.12 bits per heavy atom. The first-order chi connectivity index (χ1) is 3.72. The van der Waals surface area contributed by atoms with Crippen LogP contribution in [0.4, 0.5) is 8.78 Å². The lowest BCUT2D eigenvalue weighted by atomic mass is 10.3. The number of likely N-dealkylation sites (N-methyl/N-ethyl adjacent to an activating group) is 1. The molecule has 0 bridgehead atoms. The summed E-state index contributed by atoms with van der Waals surface area (Å²) in [5, 5.41) is 10.4. The van der Waals surface area contributed by atoms with Crippen LogP contribution in [0.3, 0.4) is 0 Å². The van der Waals surface area contributed by atoms with Gasteiger partial charge in [-0.05, 0) is 7.05 Å². The van der Waals surface area contributed by atoms with Gasteiger partial charge in [-0.15, -0.1) is 0 Å². The fourth-order valence-corrected chi connectivity index (χ4v) is 0.297. The van der Waals surface area contributed by atoms with Crippen molar-refractivity contribution < 1.29 is 13.9 Å². The van der Waals surface area contributed by atoms with Crippen molar-refractivity contribution in [2.75, 3.05) is 13.7 Å². The fraction of sp³-hybridized carbons (Fsp3) is 1.00. The number of halogens is 2. The highest BCUT2D eigenvalue weighted by Crippen LogP contribution is 1.97. The fourth-order valence-electron chi connectivity index (χ4n) is 0.297. The van der Waals surface area contributed by atoms with Crippen LogP contribution >= 0.6 is 0 Å². The monoisotopic (exact) mass is 125 g/mol. The number of rotatable bonds is 3. The molecule has 0 heterocycles. The first kappa shape index (κ1) is 7.78. The number of nitrogens with one attached hydrogen (secondary N) is 1. The molecule has 0 radical (unpaired) electrons. The van der Waals surface area contributed by atoms with E-state index in [0.717, 1.165) is 0 Å². The van der Waals surface area contributed by atoms with Gasteiger partial charge in [-0.2, -0.15) is 0 Å². The summed E-state index contributed by atoms with van der Waals surface area (Å²) in [7, 11) is 1.38. The van der Waals surface area contributed by atoms with Gasteiger partial charge in [0.2, 0.25) is 0 Å². The molecule has 0 unspecified atom stereocenters. The number of hydrogen-bond donors (Lipinski definition) is 2.